The van der Waals surface area contributed by atoms with Gasteiger partial charge >= 0.3 is 0 Å². The van der Waals surface area contributed by atoms with Gasteiger partial charge in [0.2, 0.25) is 0 Å². The second kappa shape index (κ2) is 20.6. The van der Waals surface area contributed by atoms with Gasteiger partial charge in [0.05, 0.1) is 26.4 Å². The Kier molecular flexibility index (Phi) is 21.8. The first-order valence-electron chi connectivity index (χ1n) is 10.3. The van der Waals surface area contributed by atoms with Gasteiger partial charge < -0.3 is 29.7 Å². The number of nitrogens with zero attached hydrogens (tertiary/aromatic N) is 1. The fraction of sp³-hybridized carbons (Fsp3) is 0.950. The zero-order valence-electron chi connectivity index (χ0n) is 17.1. The van der Waals surface area contributed by atoms with E-state index in [1.54, 1.807) is 0 Å². The van der Waals surface area contributed by atoms with Crippen LogP contribution in [0.25, 0.3) is 0 Å². The van der Waals surface area contributed by atoms with Crippen LogP contribution in [0.2, 0.25) is 0 Å². The van der Waals surface area contributed by atoms with Crippen LogP contribution in [0.5, 0.6) is 0 Å². The first kappa shape index (κ1) is 27.5. The molecule has 0 radical (unpaired) electrons. The van der Waals surface area contributed by atoms with Gasteiger partial charge in [-0.3, -0.25) is 0 Å². The quantitative estimate of drug-likeness (QED) is 0.263. The summed E-state index contributed by atoms with van der Waals surface area (Å²) in [6.07, 6.45) is 13.1. The molecule has 0 aliphatic carbocycles. The first-order chi connectivity index (χ1) is 12.5. The third kappa shape index (κ3) is 19.6. The van der Waals surface area contributed by atoms with Crippen LogP contribution < -0.4 is 5.11 Å². The SMILES string of the molecule is CC(=O)[O-].CCCCCCCCCCCC[N+](CCO)(CCO)CCO. The summed E-state index contributed by atoms with van der Waals surface area (Å²) >= 11 is 0. The Hall–Kier alpha value is -0.690. The van der Waals surface area contributed by atoms with Crippen LogP contribution in [0.4, 0.5) is 0 Å². The molecule has 0 heterocycles. The van der Waals surface area contributed by atoms with E-state index in [2.05, 4.69) is 6.92 Å². The van der Waals surface area contributed by atoms with Crippen molar-refractivity contribution in [1.82, 2.24) is 0 Å². The molecule has 0 aromatic carbocycles. The Morgan fingerprint density at radius 2 is 1.00 bits per heavy atom. The highest BCUT2D eigenvalue weighted by Crippen LogP contribution is 2.13. The smallest absolute Gasteiger partial charge is 0.102 e. The molecule has 0 aromatic heterocycles. The Balaban J connectivity index is 0. The molecule has 0 spiro atoms. The van der Waals surface area contributed by atoms with E-state index in [4.69, 9.17) is 9.90 Å². The number of rotatable bonds is 17. The number of hydrogen-bond donors (Lipinski definition) is 3. The zero-order chi connectivity index (χ0) is 20.1. The molecule has 6 heteroatoms. The number of quaternary nitrogens is 1. The monoisotopic (exact) mass is 377 g/mol. The number of carbonyl (C=O) groups is 1. The summed E-state index contributed by atoms with van der Waals surface area (Å²) in [6, 6.07) is 0. The van der Waals surface area contributed by atoms with Crippen LogP contribution in [0.1, 0.15) is 78.1 Å². The summed E-state index contributed by atoms with van der Waals surface area (Å²) < 4.78 is 0.653. The lowest BCUT2D eigenvalue weighted by molar-refractivity contribution is -0.929. The van der Waals surface area contributed by atoms with Crippen molar-refractivity contribution in [3.05, 3.63) is 0 Å². The number of aliphatic hydroxyl groups excluding tert-OH is 3. The lowest BCUT2D eigenvalue weighted by Gasteiger charge is -2.37. The van der Waals surface area contributed by atoms with Gasteiger partial charge in [0.15, 0.2) is 0 Å². The van der Waals surface area contributed by atoms with Crippen molar-refractivity contribution in [3.8, 4) is 0 Å². The molecule has 0 aromatic rings. The molecular weight excluding hydrogens is 334 g/mol. The summed E-state index contributed by atoms with van der Waals surface area (Å²) in [5.74, 6) is -1.08. The number of carboxylic acid groups (broad SMARTS) is 1. The van der Waals surface area contributed by atoms with E-state index in [0.29, 0.717) is 24.1 Å². The van der Waals surface area contributed by atoms with E-state index < -0.39 is 5.97 Å². The maximum absolute atomic E-state index is 9.24. The van der Waals surface area contributed by atoms with E-state index >= 15 is 0 Å². The molecule has 0 aliphatic rings. The van der Waals surface area contributed by atoms with Gasteiger partial charge in [0.25, 0.3) is 0 Å². The minimum Gasteiger partial charge on any atom is -0.550 e. The third-order valence-corrected chi connectivity index (χ3v) is 4.71. The van der Waals surface area contributed by atoms with Gasteiger partial charge in [-0.05, 0) is 19.8 Å². The topological polar surface area (TPSA) is 101 Å². The summed E-state index contributed by atoms with van der Waals surface area (Å²) in [5, 5.41) is 36.6. The predicted molar refractivity (Wildman–Crippen MR) is 104 cm³/mol. The van der Waals surface area contributed by atoms with Gasteiger partial charge in [-0.1, -0.05) is 58.3 Å². The van der Waals surface area contributed by atoms with Gasteiger partial charge in [-0.25, -0.2) is 0 Å². The van der Waals surface area contributed by atoms with Crippen LogP contribution >= 0.6 is 0 Å². The minimum absolute atomic E-state index is 0.123. The Morgan fingerprint density at radius 1 is 0.692 bits per heavy atom. The van der Waals surface area contributed by atoms with Crippen LogP contribution in [-0.2, 0) is 4.79 Å². The largest absolute Gasteiger partial charge is 0.550 e. The van der Waals surface area contributed by atoms with Gasteiger partial charge in [0.1, 0.15) is 19.6 Å². The van der Waals surface area contributed by atoms with Gasteiger partial charge in [0, 0.05) is 5.97 Å². The predicted octanol–water partition coefficient (Wildman–Crippen LogP) is 1.46. The maximum atomic E-state index is 9.24. The highest BCUT2D eigenvalue weighted by atomic mass is 16.4. The molecule has 26 heavy (non-hydrogen) atoms. The van der Waals surface area contributed by atoms with Crippen molar-refractivity contribution in [2.45, 2.75) is 78.1 Å². The summed E-state index contributed by atoms with van der Waals surface area (Å²) in [5.41, 5.74) is 0. The number of hydrogen-bond acceptors (Lipinski definition) is 5. The molecule has 6 nitrogen and oxygen atoms in total. The Morgan fingerprint density at radius 3 is 1.31 bits per heavy atom. The molecule has 0 saturated carbocycles. The number of aliphatic carboxylic acids is 1. The average molecular weight is 378 g/mol. The number of unbranched alkanes of at least 4 members (excludes halogenated alkanes) is 9. The third-order valence-electron chi connectivity index (χ3n) is 4.71. The van der Waals surface area contributed by atoms with Crippen molar-refractivity contribution < 1.29 is 29.7 Å². The molecule has 158 valence electrons. The lowest BCUT2D eigenvalue weighted by atomic mass is 10.1. The zero-order valence-corrected chi connectivity index (χ0v) is 17.1. The Labute approximate surface area is 160 Å². The van der Waals surface area contributed by atoms with Crippen LogP contribution in [0.15, 0.2) is 0 Å². The first-order valence-corrected chi connectivity index (χ1v) is 10.3. The standard InChI is InChI=1S/C18H40NO3.C2H4O2/c1-2-3-4-5-6-7-8-9-10-11-12-19(13-16-20,14-17-21)15-18-22;1-2(3)4/h20-22H,2-18H2,1H3;1H3,(H,3,4)/q+1;/p-1. The summed E-state index contributed by atoms with van der Waals surface area (Å²) in [6.45, 7) is 6.46. The molecule has 0 atom stereocenters. The molecule has 0 bridgehead atoms. The number of carboxylic acids is 1. The Bertz CT molecular complexity index is 279. The molecule has 3 N–H and O–H groups in total. The van der Waals surface area contributed by atoms with Crippen molar-refractivity contribution in [3.63, 3.8) is 0 Å². The molecule has 0 aliphatic heterocycles. The summed E-state index contributed by atoms with van der Waals surface area (Å²) in [7, 11) is 0. The lowest BCUT2D eigenvalue weighted by Crippen LogP contribution is -2.53. The van der Waals surface area contributed by atoms with Gasteiger partial charge in [-0.15, -0.1) is 0 Å². The fourth-order valence-corrected chi connectivity index (χ4v) is 3.24. The molecule has 0 rings (SSSR count). The number of carbonyl (C=O) groups excluding carboxylic acids is 1. The molecular formula is C20H43NO5. The van der Waals surface area contributed by atoms with Crippen molar-refractivity contribution in [1.29, 1.82) is 0 Å². The fourth-order valence-electron chi connectivity index (χ4n) is 3.24. The second-order valence-electron chi connectivity index (χ2n) is 7.08. The van der Waals surface area contributed by atoms with E-state index in [-0.39, 0.29) is 19.8 Å². The maximum Gasteiger partial charge on any atom is 0.102 e. The highest BCUT2D eigenvalue weighted by Gasteiger charge is 2.25. The highest BCUT2D eigenvalue weighted by molar-refractivity contribution is 5.60. The molecule has 0 unspecified atom stereocenters. The molecule has 0 saturated heterocycles. The van der Waals surface area contributed by atoms with Crippen molar-refractivity contribution in [2.24, 2.45) is 0 Å². The van der Waals surface area contributed by atoms with E-state index in [1.807, 2.05) is 0 Å². The minimum atomic E-state index is -1.08. The van der Waals surface area contributed by atoms with Crippen molar-refractivity contribution in [2.75, 3.05) is 46.0 Å². The van der Waals surface area contributed by atoms with Crippen LogP contribution in [0.3, 0.4) is 0 Å². The molecule has 0 fully saturated rings. The summed E-state index contributed by atoms with van der Waals surface area (Å²) in [4.78, 5) is 8.89. The number of aliphatic hydroxyl groups is 3. The van der Waals surface area contributed by atoms with E-state index in [9.17, 15) is 15.3 Å². The van der Waals surface area contributed by atoms with Crippen LogP contribution in [0, 0.1) is 0 Å². The normalized spacial score (nSPS) is 11.1. The van der Waals surface area contributed by atoms with E-state index in [0.717, 1.165) is 19.9 Å². The van der Waals surface area contributed by atoms with Crippen LogP contribution in [-0.4, -0.2) is 71.8 Å². The van der Waals surface area contributed by atoms with Gasteiger partial charge in [-0.2, -0.15) is 0 Å². The second-order valence-corrected chi connectivity index (χ2v) is 7.08. The molecule has 0 amide bonds. The average Bonchev–Trinajstić information content (AvgIpc) is 2.57. The van der Waals surface area contributed by atoms with E-state index in [1.165, 1.54) is 57.8 Å². The van der Waals surface area contributed by atoms with Crippen molar-refractivity contribution >= 4 is 5.97 Å².